The Kier molecular flexibility index (Phi) is 3.78. The van der Waals surface area contributed by atoms with Gasteiger partial charge in [-0.2, -0.15) is 18.3 Å². The van der Waals surface area contributed by atoms with Crippen molar-refractivity contribution in [3.05, 3.63) is 62.5 Å². The van der Waals surface area contributed by atoms with Crippen LogP contribution in [0.3, 0.4) is 0 Å². The molecule has 3 rings (SSSR count). The molecule has 124 valence electrons. The summed E-state index contributed by atoms with van der Waals surface area (Å²) in [6.07, 6.45) is -3.61. The number of fused-ring (bicyclic) bond motifs is 1. The summed E-state index contributed by atoms with van der Waals surface area (Å²) in [5, 5.41) is 14.9. The zero-order chi connectivity index (χ0) is 17.6. The van der Waals surface area contributed by atoms with E-state index in [0.29, 0.717) is 11.5 Å². The third kappa shape index (κ3) is 2.73. The molecule has 0 saturated carbocycles. The first kappa shape index (κ1) is 16.4. The van der Waals surface area contributed by atoms with E-state index < -0.39 is 28.2 Å². The van der Waals surface area contributed by atoms with E-state index in [0.717, 1.165) is 22.9 Å². The average molecular weight is 404 g/mol. The molecule has 0 spiro atoms. The number of nitro groups is 1. The third-order valence-electron chi connectivity index (χ3n) is 3.33. The minimum Gasteiger partial charge on any atom is -0.258 e. The van der Waals surface area contributed by atoms with Crippen LogP contribution < -0.4 is 0 Å². The van der Waals surface area contributed by atoms with Crippen LogP contribution in [0.25, 0.3) is 16.6 Å². The SMILES string of the molecule is O=[N+]([O-])c1ccc(-n2ncc3cc(F)c(Br)cc32)c(C(F)(F)F)c1. The lowest BCUT2D eigenvalue weighted by Gasteiger charge is -2.13. The first-order chi connectivity index (χ1) is 11.2. The van der Waals surface area contributed by atoms with Gasteiger partial charge in [0.1, 0.15) is 5.82 Å². The van der Waals surface area contributed by atoms with Crippen LogP contribution in [-0.2, 0) is 6.18 Å². The van der Waals surface area contributed by atoms with Crippen molar-refractivity contribution in [2.45, 2.75) is 6.18 Å². The highest BCUT2D eigenvalue weighted by Gasteiger charge is 2.36. The summed E-state index contributed by atoms with van der Waals surface area (Å²) in [5.41, 5.74) is -2.05. The van der Waals surface area contributed by atoms with Gasteiger partial charge < -0.3 is 0 Å². The van der Waals surface area contributed by atoms with Gasteiger partial charge in [-0.05, 0) is 34.1 Å². The Morgan fingerprint density at radius 2 is 1.92 bits per heavy atom. The molecule has 0 amide bonds. The first-order valence-corrected chi connectivity index (χ1v) is 7.16. The van der Waals surface area contributed by atoms with Crippen LogP contribution in [-0.4, -0.2) is 14.7 Å². The van der Waals surface area contributed by atoms with Gasteiger partial charge in [-0.1, -0.05) is 0 Å². The van der Waals surface area contributed by atoms with Crippen molar-refractivity contribution in [1.29, 1.82) is 0 Å². The zero-order valence-electron chi connectivity index (χ0n) is 11.5. The van der Waals surface area contributed by atoms with E-state index >= 15 is 0 Å². The lowest BCUT2D eigenvalue weighted by Crippen LogP contribution is -2.12. The molecule has 0 saturated heterocycles. The number of nitrogens with zero attached hydrogens (tertiary/aromatic N) is 3. The lowest BCUT2D eigenvalue weighted by molar-refractivity contribution is -0.385. The van der Waals surface area contributed by atoms with Crippen molar-refractivity contribution in [2.24, 2.45) is 0 Å². The lowest BCUT2D eigenvalue weighted by atomic mass is 10.1. The molecule has 0 aliphatic rings. The molecule has 0 aliphatic heterocycles. The highest BCUT2D eigenvalue weighted by molar-refractivity contribution is 9.10. The summed E-state index contributed by atoms with van der Waals surface area (Å²) in [6.45, 7) is 0. The van der Waals surface area contributed by atoms with Crippen molar-refractivity contribution in [1.82, 2.24) is 9.78 Å². The number of aromatic nitrogens is 2. The molecule has 10 heteroatoms. The van der Waals surface area contributed by atoms with Crippen LogP contribution in [0.1, 0.15) is 5.56 Å². The Morgan fingerprint density at radius 3 is 2.54 bits per heavy atom. The number of nitro benzene ring substituents is 1. The van der Waals surface area contributed by atoms with Gasteiger partial charge in [0, 0.05) is 17.5 Å². The molecule has 24 heavy (non-hydrogen) atoms. The van der Waals surface area contributed by atoms with Crippen LogP contribution >= 0.6 is 15.9 Å². The number of alkyl halides is 3. The summed E-state index contributed by atoms with van der Waals surface area (Å²) in [6, 6.07) is 4.78. The Labute approximate surface area is 139 Å². The maximum absolute atomic E-state index is 13.5. The minimum atomic E-state index is -4.82. The summed E-state index contributed by atoms with van der Waals surface area (Å²) in [4.78, 5) is 9.83. The van der Waals surface area contributed by atoms with Gasteiger partial charge in [0.15, 0.2) is 0 Å². The summed E-state index contributed by atoms with van der Waals surface area (Å²) >= 11 is 2.97. The summed E-state index contributed by atoms with van der Waals surface area (Å²) < 4.78 is 54.4. The van der Waals surface area contributed by atoms with Gasteiger partial charge in [-0.25, -0.2) is 9.07 Å². The molecular weight excluding hydrogens is 398 g/mol. The van der Waals surface area contributed by atoms with Crippen molar-refractivity contribution >= 4 is 32.5 Å². The number of rotatable bonds is 2. The smallest absolute Gasteiger partial charge is 0.258 e. The van der Waals surface area contributed by atoms with Crippen LogP contribution in [0.5, 0.6) is 0 Å². The highest BCUT2D eigenvalue weighted by atomic mass is 79.9. The number of hydrogen-bond donors (Lipinski definition) is 0. The zero-order valence-corrected chi connectivity index (χ0v) is 13.1. The fourth-order valence-corrected chi connectivity index (χ4v) is 2.59. The fraction of sp³-hybridized carbons (Fsp3) is 0.0714. The number of halogens is 5. The van der Waals surface area contributed by atoms with Gasteiger partial charge in [-0.3, -0.25) is 10.1 Å². The van der Waals surface area contributed by atoms with Crippen molar-refractivity contribution in [2.75, 3.05) is 0 Å². The molecule has 1 aromatic heterocycles. The van der Waals surface area contributed by atoms with Crippen LogP contribution in [0, 0.1) is 15.9 Å². The van der Waals surface area contributed by atoms with Crippen molar-refractivity contribution in [3.63, 3.8) is 0 Å². The predicted octanol–water partition coefficient (Wildman–Crippen LogP) is 4.85. The van der Waals surface area contributed by atoms with Crippen molar-refractivity contribution in [3.8, 4) is 5.69 Å². The van der Waals surface area contributed by atoms with E-state index in [2.05, 4.69) is 21.0 Å². The molecule has 0 radical (unpaired) electrons. The van der Waals surface area contributed by atoms with Gasteiger partial charge >= 0.3 is 6.18 Å². The minimum absolute atomic E-state index is 0.0622. The number of benzene rings is 2. The number of hydrogen-bond acceptors (Lipinski definition) is 3. The summed E-state index contributed by atoms with van der Waals surface area (Å²) in [5.74, 6) is -0.582. The van der Waals surface area contributed by atoms with Gasteiger partial charge in [0.2, 0.25) is 0 Å². The first-order valence-electron chi connectivity index (χ1n) is 6.37. The van der Waals surface area contributed by atoms with E-state index in [1.54, 1.807) is 0 Å². The second kappa shape index (κ2) is 5.55. The van der Waals surface area contributed by atoms with E-state index in [-0.39, 0.29) is 15.7 Å². The topological polar surface area (TPSA) is 61.0 Å². The Balaban J connectivity index is 2.30. The quantitative estimate of drug-likeness (QED) is 0.349. The van der Waals surface area contributed by atoms with Gasteiger partial charge in [0.25, 0.3) is 5.69 Å². The summed E-state index contributed by atoms with van der Waals surface area (Å²) in [7, 11) is 0. The van der Waals surface area contributed by atoms with Gasteiger partial charge in [-0.15, -0.1) is 0 Å². The standard InChI is InChI=1S/C14H6BrF4N3O2/c15-10-5-13-7(3-11(10)16)6-20-21(13)12-2-1-8(22(23)24)4-9(12)14(17,18)19/h1-6H. The molecule has 0 bridgehead atoms. The molecular formula is C14H6BrF4N3O2. The largest absolute Gasteiger partial charge is 0.418 e. The predicted molar refractivity (Wildman–Crippen MR) is 80.4 cm³/mol. The maximum atomic E-state index is 13.5. The van der Waals surface area contributed by atoms with E-state index in [1.165, 1.54) is 12.3 Å². The molecule has 5 nitrogen and oxygen atoms in total. The van der Waals surface area contributed by atoms with E-state index in [4.69, 9.17) is 0 Å². The van der Waals surface area contributed by atoms with Crippen molar-refractivity contribution < 1.29 is 22.5 Å². The third-order valence-corrected chi connectivity index (χ3v) is 3.94. The molecule has 3 aromatic rings. The van der Waals surface area contributed by atoms with Crippen LogP contribution in [0.2, 0.25) is 0 Å². The Bertz CT molecular complexity index is 969. The molecule has 0 unspecified atom stereocenters. The molecule has 2 aromatic carbocycles. The second-order valence-electron chi connectivity index (χ2n) is 4.84. The van der Waals surface area contributed by atoms with Gasteiger partial charge in [0.05, 0.1) is 32.4 Å². The second-order valence-corrected chi connectivity index (χ2v) is 5.69. The van der Waals surface area contributed by atoms with E-state index in [1.807, 2.05) is 0 Å². The molecule has 0 aliphatic carbocycles. The fourth-order valence-electron chi connectivity index (χ4n) is 2.26. The average Bonchev–Trinajstić information content (AvgIpc) is 2.88. The van der Waals surface area contributed by atoms with E-state index in [9.17, 15) is 27.7 Å². The van der Waals surface area contributed by atoms with Crippen LogP contribution in [0.4, 0.5) is 23.2 Å². The Morgan fingerprint density at radius 1 is 1.21 bits per heavy atom. The Hall–Kier alpha value is -2.49. The monoisotopic (exact) mass is 403 g/mol. The normalized spacial score (nSPS) is 11.9. The number of non-ortho nitro benzene ring substituents is 1. The molecule has 0 atom stereocenters. The van der Waals surface area contributed by atoms with Crippen LogP contribution in [0.15, 0.2) is 41.0 Å². The molecule has 1 heterocycles. The molecule has 0 N–H and O–H groups in total. The molecule has 0 fully saturated rings. The maximum Gasteiger partial charge on any atom is 0.418 e. The highest BCUT2D eigenvalue weighted by Crippen LogP contribution is 2.37.